The molecule has 0 spiro atoms. The Morgan fingerprint density at radius 3 is 2.48 bits per heavy atom. The zero-order chi connectivity index (χ0) is 14.7. The molecule has 3 N–H and O–H groups in total. The van der Waals surface area contributed by atoms with E-state index in [1.807, 2.05) is 0 Å². The minimum absolute atomic E-state index is 0.0512. The van der Waals surface area contributed by atoms with Crippen LogP contribution in [0.5, 0.6) is 0 Å². The van der Waals surface area contributed by atoms with E-state index in [4.69, 9.17) is 0 Å². The topological polar surface area (TPSA) is 86.9 Å². The third kappa shape index (κ3) is 3.43. The Hall–Kier alpha value is -1.85. The smallest absolute Gasteiger partial charge is 0.243 e. The number of hydrogen-bond acceptors (Lipinski definition) is 3. The predicted molar refractivity (Wildman–Crippen MR) is 77.3 cm³/mol. The fraction of sp³-hybridized carbons (Fsp3) is 0.667. The van der Waals surface area contributed by atoms with E-state index in [1.54, 1.807) is 12.5 Å². The van der Waals surface area contributed by atoms with Crippen LogP contribution in [0.3, 0.4) is 0 Å². The van der Waals surface area contributed by atoms with Crippen molar-refractivity contribution >= 4 is 11.8 Å². The fourth-order valence-corrected chi connectivity index (χ4v) is 3.36. The van der Waals surface area contributed by atoms with Crippen molar-refractivity contribution in [2.45, 2.75) is 57.0 Å². The van der Waals surface area contributed by atoms with E-state index in [1.165, 1.54) is 32.1 Å². The van der Waals surface area contributed by atoms with Crippen LogP contribution in [0.25, 0.3) is 0 Å². The van der Waals surface area contributed by atoms with Gasteiger partial charge in [0.25, 0.3) is 0 Å². The number of aromatic amines is 1. The largest absolute Gasteiger partial charge is 0.348 e. The molecule has 1 aliphatic heterocycles. The number of carbonyl (C=O) groups is 2. The average molecular weight is 290 g/mol. The number of rotatable bonds is 4. The molecule has 114 valence electrons. The molecule has 2 heterocycles. The monoisotopic (exact) mass is 290 g/mol. The zero-order valence-electron chi connectivity index (χ0n) is 12.1. The first kappa shape index (κ1) is 14.1. The van der Waals surface area contributed by atoms with Crippen molar-refractivity contribution in [2.75, 3.05) is 0 Å². The SMILES string of the molecule is O=C1N[C@@H](CC2CCCCC2)C(=O)N[C@H]1Cc1cnc[nH]1. The van der Waals surface area contributed by atoms with Crippen molar-refractivity contribution in [3.63, 3.8) is 0 Å². The highest BCUT2D eigenvalue weighted by Crippen LogP contribution is 2.27. The summed E-state index contributed by atoms with van der Waals surface area (Å²) in [6.07, 6.45) is 10.6. The maximum absolute atomic E-state index is 12.2. The summed E-state index contributed by atoms with van der Waals surface area (Å²) in [5, 5.41) is 5.74. The predicted octanol–water partition coefficient (Wildman–Crippen LogP) is 0.906. The molecule has 1 aromatic rings. The molecule has 1 aliphatic carbocycles. The van der Waals surface area contributed by atoms with Gasteiger partial charge in [0.05, 0.1) is 6.33 Å². The fourth-order valence-electron chi connectivity index (χ4n) is 3.36. The Morgan fingerprint density at radius 2 is 1.76 bits per heavy atom. The lowest BCUT2D eigenvalue weighted by molar-refractivity contribution is -0.137. The van der Waals surface area contributed by atoms with Gasteiger partial charge in [-0.3, -0.25) is 9.59 Å². The molecule has 1 saturated carbocycles. The van der Waals surface area contributed by atoms with Crippen molar-refractivity contribution in [1.82, 2.24) is 20.6 Å². The molecule has 2 aliphatic rings. The molecule has 6 nitrogen and oxygen atoms in total. The first-order valence-electron chi connectivity index (χ1n) is 7.80. The molecule has 0 bridgehead atoms. The van der Waals surface area contributed by atoms with Crippen molar-refractivity contribution in [3.8, 4) is 0 Å². The first-order valence-corrected chi connectivity index (χ1v) is 7.80. The summed E-state index contributed by atoms with van der Waals surface area (Å²) < 4.78 is 0. The lowest BCUT2D eigenvalue weighted by Gasteiger charge is -2.32. The molecule has 0 radical (unpaired) electrons. The number of carbonyl (C=O) groups excluding carboxylic acids is 2. The van der Waals surface area contributed by atoms with Gasteiger partial charge in [-0.25, -0.2) is 4.98 Å². The molecule has 2 fully saturated rings. The van der Waals surface area contributed by atoms with Crippen LogP contribution >= 0.6 is 0 Å². The van der Waals surface area contributed by atoms with Crippen LogP contribution in [0, 0.1) is 5.92 Å². The highest BCUT2D eigenvalue weighted by molar-refractivity contribution is 5.97. The van der Waals surface area contributed by atoms with Crippen LogP contribution in [0.1, 0.15) is 44.2 Å². The maximum Gasteiger partial charge on any atom is 0.243 e. The van der Waals surface area contributed by atoms with Crippen LogP contribution in [0.4, 0.5) is 0 Å². The number of nitrogens with zero attached hydrogens (tertiary/aromatic N) is 1. The molecule has 1 aromatic heterocycles. The molecule has 21 heavy (non-hydrogen) atoms. The van der Waals surface area contributed by atoms with E-state index in [0.717, 1.165) is 12.1 Å². The minimum atomic E-state index is -0.499. The van der Waals surface area contributed by atoms with Gasteiger partial charge in [-0.05, 0) is 12.3 Å². The van der Waals surface area contributed by atoms with Crippen LogP contribution in [0.15, 0.2) is 12.5 Å². The Labute approximate surface area is 124 Å². The third-order valence-corrected chi connectivity index (χ3v) is 4.54. The normalized spacial score (nSPS) is 27.2. The number of aromatic nitrogens is 2. The van der Waals surface area contributed by atoms with Crippen molar-refractivity contribution < 1.29 is 9.59 Å². The Bertz CT molecular complexity index is 494. The van der Waals surface area contributed by atoms with Gasteiger partial charge in [-0.1, -0.05) is 32.1 Å². The van der Waals surface area contributed by atoms with E-state index < -0.39 is 6.04 Å². The molecule has 3 rings (SSSR count). The Kier molecular flexibility index (Phi) is 4.22. The lowest BCUT2D eigenvalue weighted by atomic mass is 9.84. The van der Waals surface area contributed by atoms with E-state index in [2.05, 4.69) is 20.6 Å². The van der Waals surface area contributed by atoms with Crippen molar-refractivity contribution in [2.24, 2.45) is 5.92 Å². The molecule has 1 saturated heterocycles. The summed E-state index contributed by atoms with van der Waals surface area (Å²) in [4.78, 5) is 31.2. The Balaban J connectivity index is 1.56. The van der Waals surface area contributed by atoms with Crippen LogP contribution in [-0.2, 0) is 16.0 Å². The van der Waals surface area contributed by atoms with E-state index in [-0.39, 0.29) is 17.9 Å². The molecule has 6 heteroatoms. The van der Waals surface area contributed by atoms with E-state index in [9.17, 15) is 9.59 Å². The molecular weight excluding hydrogens is 268 g/mol. The molecule has 0 unspecified atom stereocenters. The summed E-state index contributed by atoms with van der Waals surface area (Å²) >= 11 is 0. The quantitative estimate of drug-likeness (QED) is 0.770. The van der Waals surface area contributed by atoms with Gasteiger partial charge in [0, 0.05) is 18.3 Å². The lowest BCUT2D eigenvalue weighted by Crippen LogP contribution is -2.62. The van der Waals surface area contributed by atoms with Crippen LogP contribution < -0.4 is 10.6 Å². The zero-order valence-corrected chi connectivity index (χ0v) is 12.1. The van der Waals surface area contributed by atoms with Gasteiger partial charge in [0.15, 0.2) is 0 Å². The van der Waals surface area contributed by atoms with E-state index >= 15 is 0 Å². The summed E-state index contributed by atoms with van der Waals surface area (Å²) in [6.45, 7) is 0. The standard InChI is InChI=1S/C15H22N4O2/c20-14-12(6-10-4-2-1-3-5-10)18-15(21)13(19-14)7-11-8-16-9-17-11/h8-10,12-13H,1-7H2,(H,16,17)(H,18,21)(H,19,20)/t12-,13-/m0/s1. The second-order valence-electron chi connectivity index (χ2n) is 6.14. The average Bonchev–Trinajstić information content (AvgIpc) is 2.98. The van der Waals surface area contributed by atoms with Gasteiger partial charge in [0.1, 0.15) is 12.1 Å². The molecule has 0 aromatic carbocycles. The highest BCUT2D eigenvalue weighted by Gasteiger charge is 2.35. The molecular formula is C15H22N4O2. The number of H-pyrrole nitrogens is 1. The van der Waals surface area contributed by atoms with Gasteiger partial charge >= 0.3 is 0 Å². The maximum atomic E-state index is 12.2. The highest BCUT2D eigenvalue weighted by atomic mass is 16.2. The summed E-state index contributed by atoms with van der Waals surface area (Å²) in [5.74, 6) is 0.425. The van der Waals surface area contributed by atoms with Crippen molar-refractivity contribution in [3.05, 3.63) is 18.2 Å². The Morgan fingerprint density at radius 1 is 1.05 bits per heavy atom. The second-order valence-corrected chi connectivity index (χ2v) is 6.14. The van der Waals surface area contributed by atoms with Gasteiger partial charge in [0.2, 0.25) is 11.8 Å². The number of piperazine rings is 1. The molecule has 2 atom stereocenters. The summed E-state index contributed by atoms with van der Waals surface area (Å²) in [7, 11) is 0. The number of hydrogen-bond donors (Lipinski definition) is 3. The van der Waals surface area contributed by atoms with Crippen LogP contribution in [0.2, 0.25) is 0 Å². The van der Waals surface area contributed by atoms with Gasteiger partial charge in [-0.15, -0.1) is 0 Å². The minimum Gasteiger partial charge on any atom is -0.348 e. The number of imidazole rings is 1. The second kappa shape index (κ2) is 6.28. The number of nitrogens with one attached hydrogen (secondary N) is 3. The van der Waals surface area contributed by atoms with Crippen LogP contribution in [-0.4, -0.2) is 33.9 Å². The summed E-state index contributed by atoms with van der Waals surface area (Å²) in [5.41, 5.74) is 0.848. The van der Waals surface area contributed by atoms with Crippen molar-refractivity contribution in [1.29, 1.82) is 0 Å². The van der Waals surface area contributed by atoms with Gasteiger partial charge in [-0.2, -0.15) is 0 Å². The summed E-state index contributed by atoms with van der Waals surface area (Å²) in [6, 6.07) is -0.862. The third-order valence-electron chi connectivity index (χ3n) is 4.54. The van der Waals surface area contributed by atoms with E-state index in [0.29, 0.717) is 12.3 Å². The molecule has 2 amide bonds. The first-order chi connectivity index (χ1) is 10.2. The number of amides is 2. The van der Waals surface area contributed by atoms with Gasteiger partial charge < -0.3 is 15.6 Å².